The van der Waals surface area contributed by atoms with Crippen molar-refractivity contribution in [3.05, 3.63) is 77.9 Å². The third-order valence-electron chi connectivity index (χ3n) is 17.2. The fourth-order valence-corrected chi connectivity index (χ4v) is 11.3. The van der Waals surface area contributed by atoms with Gasteiger partial charge in [0.15, 0.2) is 0 Å². The van der Waals surface area contributed by atoms with Gasteiger partial charge in [-0.2, -0.15) is 0 Å². The van der Waals surface area contributed by atoms with E-state index in [1.807, 2.05) is 63.9 Å². The molecule has 16 atom stereocenters. The number of amides is 3. The van der Waals surface area contributed by atoms with E-state index in [0.717, 1.165) is 18.4 Å². The number of hydrazine groups is 1. The van der Waals surface area contributed by atoms with Gasteiger partial charge in [0.1, 0.15) is 35.9 Å². The first kappa shape index (κ1) is 66.4. The molecule has 0 spiro atoms. The summed E-state index contributed by atoms with van der Waals surface area (Å²) in [5.74, 6) is -0.993. The number of benzene rings is 1. The first-order chi connectivity index (χ1) is 37.3. The second kappa shape index (κ2) is 31.7. The lowest BCUT2D eigenvalue weighted by Crippen LogP contribution is -2.62. The number of piperidine rings is 1. The highest BCUT2D eigenvalue weighted by Crippen LogP contribution is 2.42. The Morgan fingerprint density at radius 2 is 1.70 bits per heavy atom. The minimum absolute atomic E-state index is 0.0176. The fourth-order valence-electron chi connectivity index (χ4n) is 11.3. The zero-order valence-electron chi connectivity index (χ0n) is 49.1. The molecule has 1 aromatic carbocycles. The number of hydrogen-bond acceptors (Lipinski definition) is 13. The minimum atomic E-state index is -1.40. The maximum atomic E-state index is 14.5. The van der Waals surface area contributed by atoms with E-state index in [1.165, 1.54) is 24.1 Å². The highest BCUT2D eigenvalue weighted by molar-refractivity contribution is 5.90. The Labute approximate surface area is 471 Å². The summed E-state index contributed by atoms with van der Waals surface area (Å²) in [6.45, 7) is 19.1. The standard InChI is InChI=1S/C63H97N5O11/c1-13-47-38-48(14-2)63(11,67(12)60(47)76)43(8)35-40(5)30-33-53(71)41(6)23-19-20-28-54(72)45(10)55-29-18-16-15-17-24-42(7)57(73)50(32-31-44(9)69)58(74)65-56(39(3)4)59(75)64-52(37-46-25-21-26-49(70)36-46)61(77)68-34-22-27-51(66-68)62(78)79-55/h2,15-18,20-21,25-26,28,35-36,39-42,45,47-48,50-58,65-66,70-74H,13,19,22-24,27,29-34,37-38H2,1,3-12H3,(H,64,75). The molecule has 2 saturated heterocycles. The van der Waals surface area contributed by atoms with Crippen molar-refractivity contribution in [2.24, 2.45) is 47.3 Å². The average molecular weight is 1100 g/mol. The highest BCUT2D eigenvalue weighted by atomic mass is 16.5. The van der Waals surface area contributed by atoms with Crippen molar-refractivity contribution < 1.29 is 54.2 Å². The van der Waals surface area contributed by atoms with Crippen LogP contribution in [0, 0.1) is 59.7 Å². The van der Waals surface area contributed by atoms with Crippen LogP contribution < -0.4 is 16.1 Å². The van der Waals surface area contributed by atoms with Gasteiger partial charge in [-0.05, 0) is 126 Å². The maximum Gasteiger partial charge on any atom is 0.325 e. The summed E-state index contributed by atoms with van der Waals surface area (Å²) in [4.78, 5) is 70.2. The van der Waals surface area contributed by atoms with Crippen LogP contribution in [0.15, 0.2) is 72.4 Å². The lowest BCUT2D eigenvalue weighted by Gasteiger charge is -2.50. The number of likely N-dealkylation sites (tertiary alicyclic amines) is 1. The summed E-state index contributed by atoms with van der Waals surface area (Å²) in [6, 6.07) is 3.20. The van der Waals surface area contributed by atoms with Crippen molar-refractivity contribution >= 4 is 29.5 Å². The number of aromatic hydroxyl groups is 1. The monoisotopic (exact) mass is 1100 g/mol. The summed E-state index contributed by atoms with van der Waals surface area (Å²) < 4.78 is 6.21. The van der Waals surface area contributed by atoms with Crippen LogP contribution in [0.1, 0.15) is 152 Å². The van der Waals surface area contributed by atoms with Crippen LogP contribution in [0.25, 0.3) is 0 Å². The zero-order valence-corrected chi connectivity index (χ0v) is 49.1. The smallest absolute Gasteiger partial charge is 0.325 e. The number of ketones is 1. The Hall–Kier alpha value is -5.15. The molecule has 79 heavy (non-hydrogen) atoms. The number of cyclic esters (lactones) is 1. The normalized spacial score (nSPS) is 30.4. The van der Waals surface area contributed by atoms with Crippen LogP contribution >= 0.6 is 0 Å². The van der Waals surface area contributed by atoms with E-state index in [-0.39, 0.29) is 79.3 Å². The van der Waals surface area contributed by atoms with Gasteiger partial charge in [0, 0.05) is 56.5 Å². The molecule has 2 bridgehead atoms. The third-order valence-corrected chi connectivity index (χ3v) is 17.2. The molecule has 2 fully saturated rings. The number of esters is 1. The molecular weight excluding hydrogens is 1000 g/mol. The Kier molecular flexibility index (Phi) is 26.7. The maximum absolute atomic E-state index is 14.5. The number of Topliss-reactive ketones (excluding diaryl/α,β-unsaturated/α-hetero) is 1. The van der Waals surface area contributed by atoms with Gasteiger partial charge in [-0.1, -0.05) is 109 Å². The number of allylic oxidation sites excluding steroid dienone is 5. The lowest BCUT2D eigenvalue weighted by atomic mass is 9.69. The number of terminal acetylenes is 1. The molecule has 16 nitrogen and oxygen atoms in total. The van der Waals surface area contributed by atoms with Gasteiger partial charge in [-0.25, -0.2) is 5.43 Å². The van der Waals surface area contributed by atoms with Crippen molar-refractivity contribution in [2.75, 3.05) is 13.6 Å². The lowest BCUT2D eigenvalue weighted by molar-refractivity contribution is -0.160. The van der Waals surface area contributed by atoms with Crippen LogP contribution in [0.3, 0.4) is 0 Å². The number of phenols is 1. The molecule has 3 amide bonds. The quantitative estimate of drug-likeness (QED) is 0.0388. The van der Waals surface area contributed by atoms with Gasteiger partial charge in [-0.15, -0.1) is 12.3 Å². The number of hydrogen-bond donors (Lipinski definition) is 8. The molecule has 3 aliphatic heterocycles. The molecular formula is C63H97N5O11. The fraction of sp³-hybridized carbons (Fsp3) is 0.667. The number of ether oxygens (including phenoxy) is 1. The Morgan fingerprint density at radius 3 is 2.34 bits per heavy atom. The van der Waals surface area contributed by atoms with E-state index in [4.69, 9.17) is 11.2 Å². The van der Waals surface area contributed by atoms with Crippen molar-refractivity contribution in [3.63, 3.8) is 0 Å². The van der Waals surface area contributed by atoms with Crippen molar-refractivity contribution in [1.82, 2.24) is 26.0 Å². The van der Waals surface area contributed by atoms with E-state index in [9.17, 15) is 49.5 Å². The van der Waals surface area contributed by atoms with Gasteiger partial charge in [-0.3, -0.25) is 29.5 Å². The molecule has 16 heteroatoms. The highest BCUT2D eigenvalue weighted by Gasteiger charge is 2.48. The van der Waals surface area contributed by atoms with Gasteiger partial charge in [0.25, 0.3) is 5.91 Å². The molecule has 0 aliphatic carbocycles. The van der Waals surface area contributed by atoms with Crippen molar-refractivity contribution in [1.29, 1.82) is 0 Å². The molecule has 0 aromatic heterocycles. The minimum Gasteiger partial charge on any atom is -0.508 e. The number of aliphatic hydroxyl groups is 4. The second-order valence-electron chi connectivity index (χ2n) is 23.7. The SMILES string of the molecule is C#CC1CC(CC)C(=O)N(C)C1(C)C(C)=CC(C)CCC(O)C(C)CCC=CC(O)C(C)C1CC=CC=CCC(C)C(O)C(CCC(C)=O)C(O)NC(C(C)C)C(=O)NC(Cc2cccc(O)c2)C(=O)N2CCCC(N2)C(=O)O1. The molecule has 3 aliphatic rings. The zero-order chi connectivity index (χ0) is 58.7. The van der Waals surface area contributed by atoms with E-state index in [2.05, 4.69) is 48.8 Å². The van der Waals surface area contributed by atoms with E-state index in [0.29, 0.717) is 50.5 Å². The number of nitrogens with one attached hydrogen (secondary N) is 3. The van der Waals surface area contributed by atoms with E-state index in [1.54, 1.807) is 38.1 Å². The molecule has 0 radical (unpaired) electrons. The summed E-state index contributed by atoms with van der Waals surface area (Å²) in [7, 11) is 1.85. The number of aliphatic hydroxyl groups excluding tert-OH is 4. The van der Waals surface area contributed by atoms with Crippen molar-refractivity contribution in [2.45, 2.75) is 207 Å². The van der Waals surface area contributed by atoms with Gasteiger partial charge < -0.3 is 45.3 Å². The number of fused-ring (bicyclic) bond motifs is 2. The molecule has 8 N–H and O–H groups in total. The van der Waals surface area contributed by atoms with Crippen LogP contribution in [0.2, 0.25) is 0 Å². The summed E-state index contributed by atoms with van der Waals surface area (Å²) in [6.07, 6.45) is 20.1. The molecule has 0 saturated carbocycles. The number of carbonyl (C=O) groups excluding carboxylic acids is 5. The van der Waals surface area contributed by atoms with E-state index >= 15 is 0 Å². The molecule has 440 valence electrons. The predicted molar refractivity (Wildman–Crippen MR) is 308 cm³/mol. The van der Waals surface area contributed by atoms with Crippen LogP contribution in [-0.2, 0) is 35.1 Å². The average Bonchev–Trinajstić information content (AvgIpc) is 3.42. The molecule has 4 rings (SSSR count). The van der Waals surface area contributed by atoms with Crippen molar-refractivity contribution in [3.8, 4) is 18.1 Å². The third kappa shape index (κ3) is 19.0. The molecule has 3 heterocycles. The largest absolute Gasteiger partial charge is 0.508 e. The van der Waals surface area contributed by atoms with Crippen LogP contribution in [0.5, 0.6) is 5.75 Å². The second-order valence-corrected chi connectivity index (χ2v) is 23.7. The first-order valence-corrected chi connectivity index (χ1v) is 29.1. The van der Waals surface area contributed by atoms with Crippen LogP contribution in [-0.4, -0.2) is 133 Å². The number of phenolic OH excluding ortho intramolecular Hbond substituents is 1. The molecule has 16 unspecified atom stereocenters. The first-order valence-electron chi connectivity index (χ1n) is 29.1. The Balaban J connectivity index is 1.51. The number of nitrogens with zero attached hydrogens (tertiary/aromatic N) is 2. The summed E-state index contributed by atoms with van der Waals surface area (Å²) in [5, 5.41) is 63.7. The molecule has 1 aromatic rings. The summed E-state index contributed by atoms with van der Waals surface area (Å²) >= 11 is 0. The number of carbonyl (C=O) groups is 5. The topological polar surface area (TPSA) is 238 Å². The Morgan fingerprint density at radius 1 is 1.00 bits per heavy atom. The van der Waals surface area contributed by atoms with Crippen LogP contribution in [0.4, 0.5) is 0 Å². The Bertz CT molecular complexity index is 2330. The predicted octanol–water partition coefficient (Wildman–Crippen LogP) is 7.24. The van der Waals surface area contributed by atoms with Gasteiger partial charge in [0.05, 0.1) is 29.9 Å². The summed E-state index contributed by atoms with van der Waals surface area (Å²) in [5.41, 5.74) is 4.10. The van der Waals surface area contributed by atoms with Gasteiger partial charge in [0.2, 0.25) is 11.8 Å². The van der Waals surface area contributed by atoms with Gasteiger partial charge >= 0.3 is 5.97 Å². The number of likely N-dealkylation sites (N-methyl/N-ethyl adjacent to an activating group) is 1. The van der Waals surface area contributed by atoms with E-state index < -0.39 is 89.8 Å². The number of rotatable bonds is 19.